The van der Waals surface area contributed by atoms with E-state index >= 15 is 0 Å². The molecule has 0 saturated carbocycles. The number of benzene rings is 1. The highest BCUT2D eigenvalue weighted by molar-refractivity contribution is 5.53. The standard InChI is InChI=1S/C15H17F2N3/c16-13-7-11(9-18)8-14(17)15(13)20-6-2-5-19-4-1-3-12(19)10-20/h7-8,12H,1-6,10H2/t12-/m1/s1. The fraction of sp³-hybridized carbons (Fsp3) is 0.533. The van der Waals surface area contributed by atoms with Gasteiger partial charge in [-0.25, -0.2) is 8.78 Å². The molecule has 2 saturated heterocycles. The molecule has 1 aromatic carbocycles. The normalized spacial score (nSPS) is 23.2. The van der Waals surface area contributed by atoms with Crippen molar-refractivity contribution < 1.29 is 8.78 Å². The summed E-state index contributed by atoms with van der Waals surface area (Å²) in [5, 5.41) is 8.75. The maximum Gasteiger partial charge on any atom is 0.150 e. The van der Waals surface area contributed by atoms with Crippen molar-refractivity contribution in [2.75, 3.05) is 31.1 Å². The van der Waals surface area contributed by atoms with Crippen molar-refractivity contribution in [2.24, 2.45) is 0 Å². The number of rotatable bonds is 1. The molecule has 0 spiro atoms. The van der Waals surface area contributed by atoms with Gasteiger partial charge in [0.25, 0.3) is 0 Å². The molecule has 0 aromatic heterocycles. The Morgan fingerprint density at radius 3 is 2.50 bits per heavy atom. The SMILES string of the molecule is N#Cc1cc(F)c(N2CCCN3CCC[C@@H]3C2)c(F)c1. The minimum absolute atomic E-state index is 0.0257. The number of fused-ring (bicyclic) bond motifs is 1. The molecule has 0 unspecified atom stereocenters. The lowest BCUT2D eigenvalue weighted by molar-refractivity contribution is 0.273. The summed E-state index contributed by atoms with van der Waals surface area (Å²) < 4.78 is 28.2. The van der Waals surface area contributed by atoms with Crippen LogP contribution in [-0.2, 0) is 0 Å². The second-order valence-electron chi connectivity index (χ2n) is 5.53. The summed E-state index contributed by atoms with van der Waals surface area (Å²) in [5.74, 6) is -1.26. The number of nitriles is 1. The summed E-state index contributed by atoms with van der Waals surface area (Å²) in [6.07, 6.45) is 3.17. The molecule has 1 aromatic rings. The van der Waals surface area contributed by atoms with E-state index < -0.39 is 11.6 Å². The predicted molar refractivity (Wildman–Crippen MR) is 72.5 cm³/mol. The van der Waals surface area contributed by atoms with Crippen molar-refractivity contribution >= 4 is 5.69 Å². The van der Waals surface area contributed by atoms with Crippen LogP contribution in [0.5, 0.6) is 0 Å². The van der Waals surface area contributed by atoms with Crippen LogP contribution < -0.4 is 4.90 Å². The molecule has 2 aliphatic heterocycles. The summed E-state index contributed by atoms with van der Waals surface area (Å²) >= 11 is 0. The van der Waals surface area contributed by atoms with E-state index in [4.69, 9.17) is 5.26 Å². The minimum atomic E-state index is -0.631. The topological polar surface area (TPSA) is 30.3 Å². The van der Waals surface area contributed by atoms with Gasteiger partial charge in [0.15, 0.2) is 11.6 Å². The Morgan fingerprint density at radius 1 is 1.10 bits per heavy atom. The molecule has 2 fully saturated rings. The Bertz CT molecular complexity index is 530. The van der Waals surface area contributed by atoms with Gasteiger partial charge in [-0.2, -0.15) is 5.26 Å². The fourth-order valence-electron chi connectivity index (χ4n) is 3.34. The third kappa shape index (κ3) is 2.36. The lowest BCUT2D eigenvalue weighted by Crippen LogP contribution is -2.37. The highest BCUT2D eigenvalue weighted by Gasteiger charge is 2.30. The molecule has 0 N–H and O–H groups in total. The Balaban J connectivity index is 1.90. The molecule has 5 heteroatoms. The molecule has 3 nitrogen and oxygen atoms in total. The molecule has 106 valence electrons. The number of anilines is 1. The summed E-state index contributed by atoms with van der Waals surface area (Å²) in [7, 11) is 0. The van der Waals surface area contributed by atoms with Gasteiger partial charge in [0.1, 0.15) is 5.69 Å². The smallest absolute Gasteiger partial charge is 0.150 e. The molecule has 0 bridgehead atoms. The molecule has 3 rings (SSSR count). The van der Waals surface area contributed by atoms with E-state index in [1.165, 1.54) is 0 Å². The molecule has 2 heterocycles. The first kappa shape index (κ1) is 13.3. The van der Waals surface area contributed by atoms with E-state index in [1.807, 2.05) is 4.90 Å². The van der Waals surface area contributed by atoms with E-state index in [9.17, 15) is 8.78 Å². The Kier molecular flexibility index (Phi) is 3.58. The van der Waals surface area contributed by atoms with Crippen molar-refractivity contribution in [2.45, 2.75) is 25.3 Å². The molecule has 2 aliphatic rings. The summed E-state index contributed by atoms with van der Waals surface area (Å²) in [6.45, 7) is 3.42. The van der Waals surface area contributed by atoms with Gasteiger partial charge in [0, 0.05) is 25.7 Å². The van der Waals surface area contributed by atoms with E-state index in [-0.39, 0.29) is 11.3 Å². The van der Waals surface area contributed by atoms with Crippen molar-refractivity contribution in [1.29, 1.82) is 5.26 Å². The van der Waals surface area contributed by atoms with Crippen molar-refractivity contribution in [3.63, 3.8) is 0 Å². The first-order chi connectivity index (χ1) is 9.69. The zero-order valence-corrected chi connectivity index (χ0v) is 11.3. The van der Waals surface area contributed by atoms with Gasteiger partial charge in [-0.05, 0) is 37.9 Å². The first-order valence-corrected chi connectivity index (χ1v) is 7.07. The van der Waals surface area contributed by atoms with Crippen LogP contribution in [0.1, 0.15) is 24.8 Å². The number of halogens is 2. The van der Waals surface area contributed by atoms with Gasteiger partial charge < -0.3 is 4.90 Å². The minimum Gasteiger partial charge on any atom is -0.365 e. The van der Waals surface area contributed by atoms with Gasteiger partial charge in [0.05, 0.1) is 11.6 Å². The van der Waals surface area contributed by atoms with Crippen LogP contribution in [0.4, 0.5) is 14.5 Å². The zero-order valence-electron chi connectivity index (χ0n) is 11.3. The Morgan fingerprint density at radius 2 is 1.80 bits per heavy atom. The van der Waals surface area contributed by atoms with Crippen molar-refractivity contribution in [3.8, 4) is 6.07 Å². The van der Waals surface area contributed by atoms with Crippen molar-refractivity contribution in [3.05, 3.63) is 29.3 Å². The summed E-state index contributed by atoms with van der Waals surface area (Å²) in [6, 6.07) is 4.42. The lowest BCUT2D eigenvalue weighted by Gasteiger charge is -2.27. The van der Waals surface area contributed by atoms with E-state index in [2.05, 4.69) is 4.90 Å². The number of hydrogen-bond donors (Lipinski definition) is 0. The monoisotopic (exact) mass is 277 g/mol. The second kappa shape index (κ2) is 5.37. The van der Waals surface area contributed by atoms with E-state index in [0.717, 1.165) is 44.5 Å². The Hall–Kier alpha value is -1.67. The number of nitrogens with zero attached hydrogens (tertiary/aromatic N) is 3. The molecule has 0 radical (unpaired) electrons. The van der Waals surface area contributed by atoms with E-state index in [0.29, 0.717) is 19.1 Å². The third-order valence-corrected chi connectivity index (χ3v) is 4.27. The second-order valence-corrected chi connectivity index (χ2v) is 5.53. The van der Waals surface area contributed by atoms with Crippen LogP contribution in [0.15, 0.2) is 12.1 Å². The Labute approximate surface area is 117 Å². The zero-order chi connectivity index (χ0) is 14.1. The average molecular weight is 277 g/mol. The van der Waals surface area contributed by atoms with Crippen LogP contribution in [0.2, 0.25) is 0 Å². The van der Waals surface area contributed by atoms with Crippen LogP contribution in [0.25, 0.3) is 0 Å². The maximum absolute atomic E-state index is 14.1. The highest BCUT2D eigenvalue weighted by Crippen LogP contribution is 2.29. The third-order valence-electron chi connectivity index (χ3n) is 4.27. The first-order valence-electron chi connectivity index (χ1n) is 7.07. The summed E-state index contributed by atoms with van der Waals surface area (Å²) in [5.41, 5.74) is 0.0545. The average Bonchev–Trinajstić information content (AvgIpc) is 2.76. The van der Waals surface area contributed by atoms with Crippen LogP contribution >= 0.6 is 0 Å². The van der Waals surface area contributed by atoms with Gasteiger partial charge in [-0.1, -0.05) is 0 Å². The molecular formula is C15H17F2N3. The quantitative estimate of drug-likeness (QED) is 0.790. The van der Waals surface area contributed by atoms with E-state index in [1.54, 1.807) is 6.07 Å². The summed E-state index contributed by atoms with van der Waals surface area (Å²) in [4.78, 5) is 4.22. The molecule has 0 amide bonds. The lowest BCUT2D eigenvalue weighted by atomic mass is 10.1. The van der Waals surface area contributed by atoms with Crippen LogP contribution in [-0.4, -0.2) is 37.1 Å². The molecule has 0 aliphatic carbocycles. The predicted octanol–water partition coefficient (Wildman–Crippen LogP) is 2.51. The number of hydrogen-bond acceptors (Lipinski definition) is 3. The fourth-order valence-corrected chi connectivity index (χ4v) is 3.34. The van der Waals surface area contributed by atoms with Gasteiger partial charge >= 0.3 is 0 Å². The van der Waals surface area contributed by atoms with Crippen LogP contribution in [0.3, 0.4) is 0 Å². The highest BCUT2D eigenvalue weighted by atomic mass is 19.1. The molecule has 1 atom stereocenters. The van der Waals surface area contributed by atoms with Gasteiger partial charge in [-0.15, -0.1) is 0 Å². The molecular weight excluding hydrogens is 260 g/mol. The largest absolute Gasteiger partial charge is 0.365 e. The van der Waals surface area contributed by atoms with Crippen molar-refractivity contribution in [1.82, 2.24) is 4.90 Å². The van der Waals surface area contributed by atoms with Gasteiger partial charge in [0.2, 0.25) is 0 Å². The molecule has 20 heavy (non-hydrogen) atoms. The van der Waals surface area contributed by atoms with Crippen LogP contribution in [0, 0.1) is 23.0 Å². The maximum atomic E-state index is 14.1. The van der Waals surface area contributed by atoms with Gasteiger partial charge in [-0.3, -0.25) is 4.90 Å².